The van der Waals surface area contributed by atoms with Crippen molar-refractivity contribution >= 4 is 17.7 Å². The maximum atomic E-state index is 10.9. The van der Waals surface area contributed by atoms with Crippen LogP contribution in [0, 0.1) is 0 Å². The molecule has 0 unspecified atom stereocenters. The quantitative estimate of drug-likeness (QED) is 0.896. The van der Waals surface area contributed by atoms with Crippen LogP contribution in [0.5, 0.6) is 0 Å². The van der Waals surface area contributed by atoms with Crippen molar-refractivity contribution in [2.24, 2.45) is 0 Å². The van der Waals surface area contributed by atoms with Gasteiger partial charge in [-0.3, -0.25) is 0 Å². The number of likely N-dealkylation sites (tertiary alicyclic amines) is 1. The van der Waals surface area contributed by atoms with E-state index in [1.54, 1.807) is 12.1 Å². The van der Waals surface area contributed by atoms with Crippen molar-refractivity contribution in [3.8, 4) is 0 Å². The van der Waals surface area contributed by atoms with Gasteiger partial charge in [-0.1, -0.05) is 6.07 Å². The number of nitrogens with zero attached hydrogens (tertiary/aromatic N) is 1. The van der Waals surface area contributed by atoms with Gasteiger partial charge in [-0.15, -0.1) is 11.8 Å². The number of thioether (sulfide) groups is 1. The number of carboxylic acid groups (broad SMARTS) is 1. The van der Waals surface area contributed by atoms with E-state index in [1.165, 1.54) is 12.8 Å². The van der Waals surface area contributed by atoms with Crippen LogP contribution >= 0.6 is 11.8 Å². The highest BCUT2D eigenvalue weighted by Gasteiger charge is 2.17. The molecule has 3 nitrogen and oxygen atoms in total. The fourth-order valence-electron chi connectivity index (χ4n) is 2.00. The van der Waals surface area contributed by atoms with E-state index in [4.69, 9.17) is 5.11 Å². The zero-order valence-corrected chi connectivity index (χ0v) is 10.7. The lowest BCUT2D eigenvalue weighted by Crippen LogP contribution is -2.31. The van der Waals surface area contributed by atoms with Crippen LogP contribution in [-0.4, -0.2) is 41.4 Å². The van der Waals surface area contributed by atoms with Gasteiger partial charge in [0.1, 0.15) is 0 Å². The summed E-state index contributed by atoms with van der Waals surface area (Å²) in [7, 11) is 2.14. The Balaban J connectivity index is 1.98. The van der Waals surface area contributed by atoms with Crippen molar-refractivity contribution in [2.45, 2.75) is 23.0 Å². The molecule has 1 fully saturated rings. The molecule has 1 heterocycles. The van der Waals surface area contributed by atoms with Crippen LogP contribution in [0.1, 0.15) is 23.2 Å². The van der Waals surface area contributed by atoms with Crippen LogP contribution in [0.4, 0.5) is 0 Å². The standard InChI is InChI=1S/C13H17NO2S/c1-14-7-5-11(6-8-14)17-12-4-2-3-10(9-12)13(15)16/h2-4,9,11H,5-8H2,1H3,(H,15,16). The summed E-state index contributed by atoms with van der Waals surface area (Å²) in [5, 5.41) is 9.55. The van der Waals surface area contributed by atoms with Crippen molar-refractivity contribution in [3.63, 3.8) is 0 Å². The van der Waals surface area contributed by atoms with E-state index in [0.29, 0.717) is 10.8 Å². The third-order valence-electron chi connectivity index (χ3n) is 3.05. The summed E-state index contributed by atoms with van der Waals surface area (Å²) in [6, 6.07) is 7.22. The third-order valence-corrected chi connectivity index (χ3v) is 4.38. The number of aromatic carboxylic acids is 1. The highest BCUT2D eigenvalue weighted by Crippen LogP contribution is 2.30. The molecule has 1 aromatic rings. The average molecular weight is 251 g/mol. The molecule has 4 heteroatoms. The average Bonchev–Trinajstić information content (AvgIpc) is 2.32. The van der Waals surface area contributed by atoms with Crippen molar-refractivity contribution in [2.75, 3.05) is 20.1 Å². The lowest BCUT2D eigenvalue weighted by atomic mass is 10.1. The first-order valence-electron chi connectivity index (χ1n) is 5.84. The summed E-state index contributed by atoms with van der Waals surface area (Å²) in [6.07, 6.45) is 2.36. The molecule has 0 atom stereocenters. The van der Waals surface area contributed by atoms with E-state index in [0.717, 1.165) is 18.0 Å². The predicted molar refractivity (Wildman–Crippen MR) is 69.8 cm³/mol. The zero-order chi connectivity index (χ0) is 12.3. The monoisotopic (exact) mass is 251 g/mol. The maximum absolute atomic E-state index is 10.9. The van der Waals surface area contributed by atoms with Crippen LogP contribution in [0.2, 0.25) is 0 Å². The summed E-state index contributed by atoms with van der Waals surface area (Å²) >= 11 is 1.81. The Bertz CT molecular complexity index is 400. The van der Waals surface area contributed by atoms with Gasteiger partial charge in [-0.2, -0.15) is 0 Å². The van der Waals surface area contributed by atoms with Gasteiger partial charge in [0.15, 0.2) is 0 Å². The van der Waals surface area contributed by atoms with E-state index < -0.39 is 5.97 Å². The van der Waals surface area contributed by atoms with Gasteiger partial charge >= 0.3 is 5.97 Å². The zero-order valence-electron chi connectivity index (χ0n) is 9.93. The Morgan fingerprint density at radius 3 is 2.76 bits per heavy atom. The summed E-state index contributed by atoms with van der Waals surface area (Å²) in [5.74, 6) is -0.851. The van der Waals surface area contributed by atoms with Crippen LogP contribution in [-0.2, 0) is 0 Å². The van der Waals surface area contributed by atoms with Crippen LogP contribution in [0.3, 0.4) is 0 Å². The third kappa shape index (κ3) is 3.48. The Labute approximate surface area is 106 Å². The predicted octanol–water partition coefficient (Wildman–Crippen LogP) is 2.57. The van der Waals surface area contributed by atoms with E-state index in [9.17, 15) is 4.79 Å². The van der Waals surface area contributed by atoms with Crippen LogP contribution in [0.15, 0.2) is 29.2 Å². The Kier molecular flexibility index (Phi) is 4.07. The fraction of sp³-hybridized carbons (Fsp3) is 0.462. The molecule has 1 aromatic carbocycles. The largest absolute Gasteiger partial charge is 0.478 e. The molecule has 0 radical (unpaired) electrons. The van der Waals surface area contributed by atoms with Gasteiger partial charge in [0, 0.05) is 10.1 Å². The first-order valence-corrected chi connectivity index (χ1v) is 6.71. The number of benzene rings is 1. The lowest BCUT2D eigenvalue weighted by Gasteiger charge is -2.28. The molecule has 1 aliphatic rings. The number of carboxylic acids is 1. The number of rotatable bonds is 3. The van der Waals surface area contributed by atoms with Gasteiger partial charge in [0.2, 0.25) is 0 Å². The normalized spacial score (nSPS) is 18.2. The molecule has 1 saturated heterocycles. The first kappa shape index (κ1) is 12.5. The second-order valence-electron chi connectivity index (χ2n) is 4.45. The molecule has 2 rings (SSSR count). The van der Waals surface area contributed by atoms with Crippen molar-refractivity contribution < 1.29 is 9.90 Å². The van der Waals surface area contributed by atoms with Gasteiger partial charge in [-0.05, 0) is 51.2 Å². The van der Waals surface area contributed by atoms with Gasteiger partial charge < -0.3 is 10.0 Å². The van der Waals surface area contributed by atoms with Gasteiger partial charge in [0.25, 0.3) is 0 Å². The minimum Gasteiger partial charge on any atom is -0.478 e. The minimum absolute atomic E-state index is 0.378. The summed E-state index contributed by atoms with van der Waals surface area (Å²) in [6.45, 7) is 2.27. The molecule has 0 amide bonds. The van der Waals surface area contributed by atoms with Gasteiger partial charge in [-0.25, -0.2) is 4.79 Å². The molecular weight excluding hydrogens is 234 g/mol. The highest BCUT2D eigenvalue weighted by atomic mass is 32.2. The smallest absolute Gasteiger partial charge is 0.335 e. The molecule has 1 N–H and O–H groups in total. The summed E-state index contributed by atoms with van der Waals surface area (Å²) < 4.78 is 0. The molecule has 0 saturated carbocycles. The molecule has 17 heavy (non-hydrogen) atoms. The maximum Gasteiger partial charge on any atom is 0.335 e. The van der Waals surface area contributed by atoms with Crippen molar-refractivity contribution in [1.29, 1.82) is 0 Å². The van der Waals surface area contributed by atoms with Crippen molar-refractivity contribution in [1.82, 2.24) is 4.90 Å². The highest BCUT2D eigenvalue weighted by molar-refractivity contribution is 8.00. The number of carbonyl (C=O) groups is 1. The van der Waals surface area contributed by atoms with Gasteiger partial charge in [0.05, 0.1) is 5.56 Å². The molecule has 1 aliphatic heterocycles. The summed E-state index contributed by atoms with van der Waals surface area (Å²) in [4.78, 5) is 14.3. The van der Waals surface area contributed by atoms with E-state index in [1.807, 2.05) is 23.9 Å². The van der Waals surface area contributed by atoms with Crippen molar-refractivity contribution in [3.05, 3.63) is 29.8 Å². The molecule has 0 spiro atoms. The minimum atomic E-state index is -0.851. The SMILES string of the molecule is CN1CCC(Sc2cccc(C(=O)O)c2)CC1. The lowest BCUT2D eigenvalue weighted by molar-refractivity contribution is 0.0696. The fourth-order valence-corrected chi connectivity index (χ4v) is 3.18. The molecule has 92 valence electrons. The number of hydrogen-bond acceptors (Lipinski definition) is 3. The Morgan fingerprint density at radius 2 is 2.12 bits per heavy atom. The second kappa shape index (κ2) is 5.56. The second-order valence-corrected chi connectivity index (χ2v) is 5.83. The molecule has 0 bridgehead atoms. The Morgan fingerprint density at radius 1 is 1.41 bits per heavy atom. The molecule has 0 aliphatic carbocycles. The topological polar surface area (TPSA) is 40.5 Å². The first-order chi connectivity index (χ1) is 8.15. The number of hydrogen-bond donors (Lipinski definition) is 1. The van der Waals surface area contributed by atoms with E-state index >= 15 is 0 Å². The Hall–Kier alpha value is -1.00. The summed E-state index contributed by atoms with van der Waals surface area (Å²) in [5.41, 5.74) is 0.378. The molecular formula is C13H17NO2S. The van der Waals surface area contributed by atoms with E-state index in [2.05, 4.69) is 11.9 Å². The molecule has 0 aromatic heterocycles. The number of piperidine rings is 1. The van der Waals surface area contributed by atoms with Crippen LogP contribution in [0.25, 0.3) is 0 Å². The van der Waals surface area contributed by atoms with Crippen LogP contribution < -0.4 is 0 Å². The van der Waals surface area contributed by atoms with E-state index in [-0.39, 0.29) is 0 Å².